The summed E-state index contributed by atoms with van der Waals surface area (Å²) >= 11 is 0. The number of anilines is 1. The number of rotatable bonds is 5. The Morgan fingerprint density at radius 1 is 1.15 bits per heavy atom. The number of aromatic hydroxyl groups is 1. The number of aromatic nitrogens is 3. The van der Waals surface area contributed by atoms with Crippen molar-refractivity contribution in [2.45, 2.75) is 38.3 Å². The molecule has 47 heavy (non-hydrogen) atoms. The molecule has 0 amide bonds. The van der Waals surface area contributed by atoms with Gasteiger partial charge in [0.15, 0.2) is 5.82 Å². The van der Waals surface area contributed by atoms with Crippen LogP contribution in [0, 0.1) is 41.7 Å². The third kappa shape index (κ3) is 5.30. The molecule has 7 rings (SSSR count). The van der Waals surface area contributed by atoms with Crippen LogP contribution in [0.4, 0.5) is 19.0 Å². The number of fused-ring (bicyclic) bond motifs is 4. The third-order valence-corrected chi connectivity index (χ3v) is 9.47. The number of benzene rings is 2. The normalized spacial score (nSPS) is 24.9. The van der Waals surface area contributed by atoms with Gasteiger partial charge in [0.1, 0.15) is 40.9 Å². The van der Waals surface area contributed by atoms with E-state index in [2.05, 4.69) is 27.1 Å². The first-order valence-electron chi connectivity index (χ1n) is 16.8. The number of pyridine rings is 1. The predicted molar refractivity (Wildman–Crippen MR) is 175 cm³/mol. The molecule has 3 aliphatic heterocycles. The van der Waals surface area contributed by atoms with E-state index in [1.807, 2.05) is 4.90 Å². The number of halogens is 3. The van der Waals surface area contributed by atoms with E-state index in [-0.39, 0.29) is 88.8 Å². The number of phenols is 1. The lowest BCUT2D eigenvalue weighted by atomic mass is 9.78. The highest BCUT2D eigenvalue weighted by Gasteiger charge is 2.37. The van der Waals surface area contributed by atoms with Gasteiger partial charge in [-0.15, -0.1) is 12.8 Å². The molecule has 0 radical (unpaired) electrons. The Balaban J connectivity index is 1.41. The first-order valence-corrected chi connectivity index (χ1v) is 15.3. The van der Waals surface area contributed by atoms with Crippen molar-refractivity contribution in [3.05, 3.63) is 59.1 Å². The van der Waals surface area contributed by atoms with Crippen LogP contribution in [0.15, 0.2) is 36.2 Å². The standard InChI is InChI=1S/C36H33F3N6O2/c1-5-25-27(38)10-7-20-13-24(46)14-26(29(20)25)32-31(39)33-30(28(6-2)41-32)34(45-16-22-8-9-23(17-45)40-22)43-35(42-33)47-19-36(3)18-44(4)12-11-21(36)15-37/h1-2,7,10,13-15,22-23,40,46H,8-9,11-12,16-19H2,3-4H3/b21-15+/t22-,23+,36-/m0/s1/i4D3. The monoisotopic (exact) mass is 641 g/mol. The summed E-state index contributed by atoms with van der Waals surface area (Å²) in [5, 5.41) is 14.8. The summed E-state index contributed by atoms with van der Waals surface area (Å²) in [4.78, 5) is 17.0. The molecule has 8 nitrogen and oxygen atoms in total. The van der Waals surface area contributed by atoms with Crippen LogP contribution in [0.1, 0.15) is 41.6 Å². The van der Waals surface area contributed by atoms with Gasteiger partial charge in [0.2, 0.25) is 0 Å². The van der Waals surface area contributed by atoms with Crippen molar-refractivity contribution < 1.29 is 27.1 Å². The van der Waals surface area contributed by atoms with E-state index >= 15 is 4.39 Å². The van der Waals surface area contributed by atoms with Gasteiger partial charge < -0.3 is 25.0 Å². The molecule has 11 heteroatoms. The van der Waals surface area contributed by atoms with Crippen LogP contribution in [-0.2, 0) is 0 Å². The molecule has 0 aliphatic carbocycles. The first kappa shape index (κ1) is 27.3. The number of hydrogen-bond acceptors (Lipinski definition) is 8. The second-order valence-corrected chi connectivity index (χ2v) is 12.7. The van der Waals surface area contributed by atoms with Gasteiger partial charge in [0.05, 0.1) is 17.3 Å². The number of nitrogens with zero attached hydrogens (tertiary/aromatic N) is 5. The number of piperidine rings is 1. The van der Waals surface area contributed by atoms with Gasteiger partial charge in [-0.2, -0.15) is 9.97 Å². The lowest BCUT2D eigenvalue weighted by molar-refractivity contribution is 0.109. The van der Waals surface area contributed by atoms with Crippen LogP contribution in [0.2, 0.25) is 0 Å². The van der Waals surface area contributed by atoms with Crippen LogP contribution in [0.25, 0.3) is 32.9 Å². The van der Waals surface area contributed by atoms with Crippen LogP contribution in [0.3, 0.4) is 0 Å². The average Bonchev–Trinajstić information content (AvgIpc) is 3.43. The zero-order chi connectivity index (χ0) is 35.5. The summed E-state index contributed by atoms with van der Waals surface area (Å²) < 4.78 is 76.0. The topological polar surface area (TPSA) is 86.6 Å². The molecular weight excluding hydrogens is 605 g/mol. The summed E-state index contributed by atoms with van der Waals surface area (Å²) in [6.45, 7) is 0.289. The van der Waals surface area contributed by atoms with Crippen LogP contribution < -0.4 is 15.0 Å². The first-order chi connectivity index (χ1) is 23.8. The molecule has 3 atom stereocenters. The molecule has 3 aliphatic rings. The highest BCUT2D eigenvalue weighted by Crippen LogP contribution is 2.41. The Morgan fingerprint density at radius 2 is 1.94 bits per heavy atom. The fourth-order valence-electron chi connectivity index (χ4n) is 7.14. The zero-order valence-electron chi connectivity index (χ0n) is 28.6. The fourth-order valence-corrected chi connectivity index (χ4v) is 7.14. The number of nitrogens with one attached hydrogen (secondary N) is 1. The Morgan fingerprint density at radius 3 is 2.64 bits per heavy atom. The van der Waals surface area contributed by atoms with Crippen molar-refractivity contribution in [2.75, 3.05) is 44.7 Å². The minimum absolute atomic E-state index is 0.00314. The molecular formula is C36H33F3N6O2. The Bertz CT molecular complexity index is 2150. The molecule has 2 aromatic carbocycles. The van der Waals surface area contributed by atoms with Crippen molar-refractivity contribution in [1.82, 2.24) is 25.2 Å². The van der Waals surface area contributed by atoms with Crippen molar-refractivity contribution >= 4 is 27.5 Å². The summed E-state index contributed by atoms with van der Waals surface area (Å²) in [5.74, 6) is 3.27. The van der Waals surface area contributed by atoms with E-state index in [1.54, 1.807) is 6.92 Å². The lowest BCUT2D eigenvalue weighted by Gasteiger charge is -2.40. The lowest BCUT2D eigenvalue weighted by Crippen LogP contribution is -2.51. The van der Waals surface area contributed by atoms with Gasteiger partial charge in [-0.3, -0.25) is 0 Å². The number of likely N-dealkylation sites (tertiary alicyclic amines) is 1. The Hall–Kier alpha value is -4.84. The predicted octanol–water partition coefficient (Wildman–Crippen LogP) is 5.31. The SMILES string of the molecule is [2H]C([2H])([2H])N1CC/C(=C\F)[C@](C)(COc2nc(N3C[C@H]4CC[C@@H](C3)N4)c3c(C#C)nc(-c4cc(O)cc5ccc(F)c(C#C)c45)c(F)c3n2)C1. The average molecular weight is 642 g/mol. The van der Waals surface area contributed by atoms with E-state index < -0.39 is 24.0 Å². The number of phenolic OH excluding ortho intramolecular Hbond substituents is 1. The molecule has 5 heterocycles. The largest absolute Gasteiger partial charge is 0.508 e. The number of terminal acetylenes is 2. The second kappa shape index (κ2) is 11.8. The van der Waals surface area contributed by atoms with Crippen LogP contribution >= 0.6 is 0 Å². The van der Waals surface area contributed by atoms with E-state index in [4.69, 9.17) is 26.7 Å². The number of ether oxygens (including phenoxy) is 1. The Labute approximate surface area is 274 Å². The van der Waals surface area contributed by atoms with E-state index in [0.717, 1.165) is 18.9 Å². The molecule has 240 valence electrons. The quantitative estimate of drug-likeness (QED) is 0.284. The van der Waals surface area contributed by atoms with E-state index in [0.29, 0.717) is 36.2 Å². The number of hydrogen-bond donors (Lipinski definition) is 2. The van der Waals surface area contributed by atoms with Crippen molar-refractivity contribution in [3.8, 4) is 47.7 Å². The van der Waals surface area contributed by atoms with Crippen LogP contribution in [0.5, 0.6) is 11.8 Å². The summed E-state index contributed by atoms with van der Waals surface area (Å²) in [5.41, 5.74) is -1.39. The molecule has 0 saturated carbocycles. The highest BCUT2D eigenvalue weighted by molar-refractivity contribution is 6.04. The fraction of sp³-hybridized carbons (Fsp3) is 0.361. The minimum atomic E-state index is -2.40. The van der Waals surface area contributed by atoms with Gasteiger partial charge in [0.25, 0.3) is 0 Å². The summed E-state index contributed by atoms with van der Waals surface area (Å²) in [7, 11) is 0. The summed E-state index contributed by atoms with van der Waals surface area (Å²) in [6, 6.07) is 5.28. The van der Waals surface area contributed by atoms with Crippen molar-refractivity contribution in [1.29, 1.82) is 0 Å². The summed E-state index contributed by atoms with van der Waals surface area (Å²) in [6.07, 6.45) is 14.2. The maximum atomic E-state index is 17.1. The zero-order valence-corrected chi connectivity index (χ0v) is 25.6. The molecule has 4 aromatic rings. The van der Waals surface area contributed by atoms with Gasteiger partial charge in [-0.1, -0.05) is 18.9 Å². The molecule has 3 saturated heterocycles. The molecule has 2 N–H and O–H groups in total. The molecule has 2 aromatic heterocycles. The molecule has 0 unspecified atom stereocenters. The molecule has 0 spiro atoms. The van der Waals surface area contributed by atoms with Gasteiger partial charge >= 0.3 is 6.01 Å². The van der Waals surface area contributed by atoms with Crippen molar-refractivity contribution in [3.63, 3.8) is 0 Å². The van der Waals surface area contributed by atoms with E-state index in [9.17, 15) is 13.9 Å². The van der Waals surface area contributed by atoms with Crippen molar-refractivity contribution in [2.24, 2.45) is 5.41 Å². The Kier molecular flexibility index (Phi) is 6.82. The van der Waals surface area contributed by atoms with E-state index in [1.165, 1.54) is 23.1 Å². The smallest absolute Gasteiger partial charge is 0.319 e. The van der Waals surface area contributed by atoms with Gasteiger partial charge in [0, 0.05) is 58.7 Å². The maximum absolute atomic E-state index is 17.1. The van der Waals surface area contributed by atoms with Gasteiger partial charge in [-0.25, -0.2) is 18.2 Å². The second-order valence-electron chi connectivity index (χ2n) is 12.7. The molecule has 2 bridgehead atoms. The minimum Gasteiger partial charge on any atom is -0.508 e. The highest BCUT2D eigenvalue weighted by atomic mass is 19.1. The molecule has 3 fully saturated rings. The maximum Gasteiger partial charge on any atom is 0.319 e. The number of piperazine rings is 1. The van der Waals surface area contributed by atoms with Gasteiger partial charge in [-0.05, 0) is 61.3 Å². The van der Waals surface area contributed by atoms with Crippen LogP contribution in [-0.4, -0.2) is 76.8 Å². The third-order valence-electron chi connectivity index (χ3n) is 9.47.